The molecule has 0 atom stereocenters. The highest BCUT2D eigenvalue weighted by Gasteiger charge is 2.23. The van der Waals surface area contributed by atoms with Crippen LogP contribution in [0.5, 0.6) is 0 Å². The Hall–Kier alpha value is -4.33. The zero-order valence-corrected chi connectivity index (χ0v) is 19.1. The van der Waals surface area contributed by atoms with Crippen LogP contribution in [0.4, 0.5) is 20.3 Å². The summed E-state index contributed by atoms with van der Waals surface area (Å²) >= 11 is 0. The largest absolute Gasteiger partial charge is 0.452 e. The van der Waals surface area contributed by atoms with Gasteiger partial charge in [0.25, 0.3) is 21.5 Å². The second-order valence-electron chi connectivity index (χ2n) is 7.12. The number of rotatable bonds is 7. The summed E-state index contributed by atoms with van der Waals surface area (Å²) in [6, 6.07) is 8.05. The van der Waals surface area contributed by atoms with Gasteiger partial charge in [-0.3, -0.25) is 23.4 Å². The molecule has 1 amide bonds. The number of hydrogen-bond acceptors (Lipinski definition) is 7. The Kier molecular flexibility index (Phi) is 7.14. The van der Waals surface area contributed by atoms with Crippen molar-refractivity contribution in [2.45, 2.75) is 4.90 Å². The highest BCUT2D eigenvalue weighted by molar-refractivity contribution is 7.92. The van der Waals surface area contributed by atoms with Crippen molar-refractivity contribution in [1.29, 1.82) is 0 Å². The van der Waals surface area contributed by atoms with Gasteiger partial charge in [0.15, 0.2) is 6.61 Å². The molecule has 14 heteroatoms. The van der Waals surface area contributed by atoms with E-state index < -0.39 is 56.3 Å². The van der Waals surface area contributed by atoms with E-state index >= 15 is 0 Å². The fraction of sp³-hybridized carbons (Fsp3) is 0.143. The zero-order chi connectivity index (χ0) is 25.9. The van der Waals surface area contributed by atoms with E-state index in [4.69, 9.17) is 4.74 Å². The number of sulfonamides is 1. The lowest BCUT2D eigenvalue weighted by atomic mass is 10.2. The molecule has 184 valence electrons. The van der Waals surface area contributed by atoms with Crippen LogP contribution in [0.25, 0.3) is 0 Å². The Bertz CT molecular complexity index is 1550. The third-order valence-corrected chi connectivity index (χ3v) is 6.10. The van der Waals surface area contributed by atoms with Gasteiger partial charge in [0.2, 0.25) is 0 Å². The molecule has 3 aromatic rings. The van der Waals surface area contributed by atoms with Crippen molar-refractivity contribution in [3.63, 3.8) is 0 Å². The van der Waals surface area contributed by atoms with Crippen LogP contribution in [-0.4, -0.2) is 36.0 Å². The minimum absolute atomic E-state index is 0.131. The fourth-order valence-corrected chi connectivity index (χ4v) is 4.02. The normalized spacial score (nSPS) is 11.1. The predicted octanol–water partition coefficient (Wildman–Crippen LogP) is 0.958. The number of nitrogens with one attached hydrogen (secondary N) is 2. The molecule has 0 fully saturated rings. The number of amides is 1. The number of esters is 1. The van der Waals surface area contributed by atoms with Crippen molar-refractivity contribution in [3.8, 4) is 0 Å². The number of hydrogen-bond donors (Lipinski definition) is 2. The van der Waals surface area contributed by atoms with Gasteiger partial charge in [0.05, 0.1) is 11.3 Å². The zero-order valence-electron chi connectivity index (χ0n) is 18.2. The van der Waals surface area contributed by atoms with Crippen LogP contribution in [0.3, 0.4) is 0 Å². The Morgan fingerprint density at radius 1 is 1.00 bits per heavy atom. The highest BCUT2D eigenvalue weighted by atomic mass is 32.2. The van der Waals surface area contributed by atoms with E-state index in [1.165, 1.54) is 38.4 Å². The number of aromatic nitrogens is 2. The number of carbonyl (C=O) groups excluding carboxylic acids is 2. The first-order valence-electron chi connectivity index (χ1n) is 9.71. The second kappa shape index (κ2) is 9.89. The maximum absolute atomic E-state index is 14.0. The quantitative estimate of drug-likeness (QED) is 0.452. The lowest BCUT2D eigenvalue weighted by Gasteiger charge is -2.13. The first-order valence-corrected chi connectivity index (χ1v) is 11.2. The van der Waals surface area contributed by atoms with Crippen molar-refractivity contribution >= 4 is 33.4 Å². The van der Waals surface area contributed by atoms with E-state index in [0.29, 0.717) is 6.07 Å². The second-order valence-corrected chi connectivity index (χ2v) is 8.77. The molecular formula is C21H18F2N4O7S. The van der Waals surface area contributed by atoms with E-state index in [-0.39, 0.29) is 17.1 Å². The minimum Gasteiger partial charge on any atom is -0.452 e. The maximum Gasteiger partial charge on any atom is 0.340 e. The van der Waals surface area contributed by atoms with E-state index in [9.17, 15) is 36.4 Å². The first-order chi connectivity index (χ1) is 16.4. The Morgan fingerprint density at radius 2 is 1.69 bits per heavy atom. The van der Waals surface area contributed by atoms with Crippen LogP contribution in [0.1, 0.15) is 10.4 Å². The molecule has 35 heavy (non-hydrogen) atoms. The lowest BCUT2D eigenvalue weighted by Crippen LogP contribution is -2.38. The van der Waals surface area contributed by atoms with E-state index in [2.05, 4.69) is 5.32 Å². The highest BCUT2D eigenvalue weighted by Crippen LogP contribution is 2.23. The van der Waals surface area contributed by atoms with Gasteiger partial charge in [-0.2, -0.15) is 0 Å². The van der Waals surface area contributed by atoms with Crippen LogP contribution >= 0.6 is 0 Å². The minimum atomic E-state index is -4.55. The van der Waals surface area contributed by atoms with E-state index in [0.717, 1.165) is 27.3 Å². The third-order valence-electron chi connectivity index (χ3n) is 4.70. The molecule has 0 aliphatic carbocycles. The van der Waals surface area contributed by atoms with Crippen LogP contribution in [0.15, 0.2) is 63.0 Å². The summed E-state index contributed by atoms with van der Waals surface area (Å²) in [6.07, 6.45) is 0. The summed E-state index contributed by atoms with van der Waals surface area (Å²) in [5, 5.41) is 2.26. The molecule has 1 aromatic heterocycles. The van der Waals surface area contributed by atoms with Crippen LogP contribution < -0.4 is 21.3 Å². The summed E-state index contributed by atoms with van der Waals surface area (Å²) in [5.41, 5.74) is -1.94. The number of nitrogens with zero attached hydrogens (tertiary/aromatic N) is 2. The molecule has 0 radical (unpaired) electrons. The van der Waals surface area contributed by atoms with Gasteiger partial charge >= 0.3 is 11.7 Å². The summed E-state index contributed by atoms with van der Waals surface area (Å²) < 4.78 is 60.9. The molecule has 2 N–H and O–H groups in total. The molecule has 0 aliphatic heterocycles. The monoisotopic (exact) mass is 508 g/mol. The predicted molar refractivity (Wildman–Crippen MR) is 119 cm³/mol. The van der Waals surface area contributed by atoms with Gasteiger partial charge in [-0.1, -0.05) is 12.1 Å². The average Bonchev–Trinajstić information content (AvgIpc) is 2.79. The Balaban J connectivity index is 1.74. The molecule has 3 rings (SSSR count). The van der Waals surface area contributed by atoms with Gasteiger partial charge in [-0.15, -0.1) is 0 Å². The molecule has 1 heterocycles. The molecule has 11 nitrogen and oxygen atoms in total. The Labute approximate surface area is 196 Å². The molecular weight excluding hydrogens is 490 g/mol. The van der Waals surface area contributed by atoms with Crippen molar-refractivity contribution in [2.75, 3.05) is 16.6 Å². The smallest absolute Gasteiger partial charge is 0.340 e. The molecule has 0 spiro atoms. The third kappa shape index (κ3) is 5.60. The van der Waals surface area contributed by atoms with Crippen LogP contribution in [0.2, 0.25) is 0 Å². The molecule has 0 unspecified atom stereocenters. The summed E-state index contributed by atoms with van der Waals surface area (Å²) in [5.74, 6) is -4.42. The van der Waals surface area contributed by atoms with Gasteiger partial charge in [-0.25, -0.2) is 26.8 Å². The molecule has 0 saturated heterocycles. The SMILES string of the molecule is Cn1c(NC(=O)COC(=O)c2ccccc2NS(=O)(=O)c2ccc(F)cc2F)cc(=O)n(C)c1=O. The van der Waals surface area contributed by atoms with Crippen molar-refractivity contribution < 1.29 is 31.5 Å². The van der Waals surface area contributed by atoms with Crippen molar-refractivity contribution in [3.05, 3.63) is 86.6 Å². The van der Waals surface area contributed by atoms with Crippen molar-refractivity contribution in [2.24, 2.45) is 14.1 Å². The number of halogens is 2. The summed E-state index contributed by atoms with van der Waals surface area (Å²) in [7, 11) is -1.97. The molecule has 0 bridgehead atoms. The summed E-state index contributed by atoms with van der Waals surface area (Å²) in [6.45, 7) is -0.837. The standard InChI is InChI=1S/C21H18F2N4O7S/c1-26-17(10-19(29)27(2)21(26)31)24-18(28)11-34-20(30)13-5-3-4-6-15(13)25-35(32,33)16-8-7-12(22)9-14(16)23/h3-10,25H,11H2,1-2H3,(H,24,28). The molecule has 0 saturated carbocycles. The molecule has 2 aromatic carbocycles. The topological polar surface area (TPSA) is 146 Å². The average molecular weight is 508 g/mol. The van der Waals surface area contributed by atoms with Gasteiger partial charge in [0, 0.05) is 26.2 Å². The molecule has 0 aliphatic rings. The van der Waals surface area contributed by atoms with Gasteiger partial charge in [-0.05, 0) is 24.3 Å². The number of para-hydroxylation sites is 1. The Morgan fingerprint density at radius 3 is 2.37 bits per heavy atom. The number of anilines is 2. The van der Waals surface area contributed by atoms with Crippen LogP contribution in [0, 0.1) is 11.6 Å². The fourth-order valence-electron chi connectivity index (χ4n) is 2.88. The number of benzene rings is 2. The van der Waals surface area contributed by atoms with Crippen molar-refractivity contribution in [1.82, 2.24) is 9.13 Å². The van der Waals surface area contributed by atoms with Gasteiger partial charge < -0.3 is 10.1 Å². The van der Waals surface area contributed by atoms with Gasteiger partial charge in [0.1, 0.15) is 22.3 Å². The van der Waals surface area contributed by atoms with E-state index in [1.807, 2.05) is 4.72 Å². The van der Waals surface area contributed by atoms with Crippen LogP contribution in [-0.2, 0) is 33.7 Å². The maximum atomic E-state index is 14.0. The number of carbonyl (C=O) groups is 2. The number of ether oxygens (including phenoxy) is 1. The lowest BCUT2D eigenvalue weighted by molar-refractivity contribution is -0.119. The van der Waals surface area contributed by atoms with E-state index in [1.54, 1.807) is 0 Å². The summed E-state index contributed by atoms with van der Waals surface area (Å²) in [4.78, 5) is 47.5. The first kappa shape index (κ1) is 25.3.